The molecule has 0 bridgehead atoms. The molecule has 0 aromatic heterocycles. The Kier molecular flexibility index (Phi) is 5.04. The van der Waals surface area contributed by atoms with Crippen LogP contribution in [0.15, 0.2) is 48.5 Å². The summed E-state index contributed by atoms with van der Waals surface area (Å²) in [5.74, 6) is 0.700. The van der Waals surface area contributed by atoms with E-state index < -0.39 is 0 Å². The number of rotatable bonds is 5. The normalized spacial score (nSPS) is 16.2. The van der Waals surface area contributed by atoms with Crippen molar-refractivity contribution in [1.82, 2.24) is 0 Å². The Labute approximate surface area is 143 Å². The number of carbonyl (C=O) groups is 1. The maximum Gasteiger partial charge on any atom is 0.307 e. The summed E-state index contributed by atoms with van der Waals surface area (Å²) in [6.45, 7) is 5.51. The SMILES string of the molecule is CCOC(=O)CC1COc2cc(C)ccc2N1Cc1ccccc1. The molecule has 4 heteroatoms. The van der Waals surface area contributed by atoms with Crippen LogP contribution in [0.4, 0.5) is 5.69 Å². The summed E-state index contributed by atoms with van der Waals surface area (Å²) in [5.41, 5.74) is 3.40. The van der Waals surface area contributed by atoms with Crippen molar-refractivity contribution in [3.63, 3.8) is 0 Å². The first-order chi connectivity index (χ1) is 11.7. The predicted octanol–water partition coefficient (Wildman–Crippen LogP) is 3.72. The van der Waals surface area contributed by atoms with Gasteiger partial charge in [-0.1, -0.05) is 36.4 Å². The van der Waals surface area contributed by atoms with Crippen molar-refractivity contribution in [1.29, 1.82) is 0 Å². The fraction of sp³-hybridized carbons (Fsp3) is 0.350. The van der Waals surface area contributed by atoms with Crippen LogP contribution >= 0.6 is 0 Å². The van der Waals surface area contributed by atoms with Crippen LogP contribution in [0.25, 0.3) is 0 Å². The third-order valence-corrected chi connectivity index (χ3v) is 4.20. The Morgan fingerprint density at radius 3 is 2.79 bits per heavy atom. The molecule has 126 valence electrons. The summed E-state index contributed by atoms with van der Waals surface area (Å²) in [6, 6.07) is 16.5. The standard InChI is InChI=1S/C20H23NO3/c1-3-23-20(22)12-17-14-24-19-11-15(2)9-10-18(19)21(17)13-16-7-5-4-6-8-16/h4-11,17H,3,12-14H2,1-2H3. The Bertz CT molecular complexity index is 699. The van der Waals surface area contributed by atoms with Crippen molar-refractivity contribution >= 4 is 11.7 Å². The molecule has 1 heterocycles. The van der Waals surface area contributed by atoms with Gasteiger partial charge in [0.1, 0.15) is 12.4 Å². The number of fused-ring (bicyclic) bond motifs is 1. The van der Waals surface area contributed by atoms with Gasteiger partial charge in [-0.15, -0.1) is 0 Å². The third kappa shape index (κ3) is 3.70. The van der Waals surface area contributed by atoms with E-state index >= 15 is 0 Å². The number of ether oxygens (including phenoxy) is 2. The van der Waals surface area contributed by atoms with Gasteiger partial charge in [-0.25, -0.2) is 0 Å². The summed E-state index contributed by atoms with van der Waals surface area (Å²) in [6.07, 6.45) is 0.327. The van der Waals surface area contributed by atoms with Crippen LogP contribution in [0.5, 0.6) is 5.75 Å². The molecule has 0 saturated heterocycles. The van der Waals surface area contributed by atoms with Crippen LogP contribution < -0.4 is 9.64 Å². The van der Waals surface area contributed by atoms with Crippen molar-refractivity contribution in [2.45, 2.75) is 32.9 Å². The van der Waals surface area contributed by atoms with Crippen LogP contribution in [-0.2, 0) is 16.1 Å². The van der Waals surface area contributed by atoms with Crippen molar-refractivity contribution in [2.75, 3.05) is 18.1 Å². The number of carbonyl (C=O) groups excluding carboxylic acids is 1. The highest BCUT2D eigenvalue weighted by Crippen LogP contribution is 2.36. The molecule has 1 unspecified atom stereocenters. The first-order valence-electron chi connectivity index (χ1n) is 8.37. The molecule has 2 aromatic carbocycles. The highest BCUT2D eigenvalue weighted by molar-refractivity contribution is 5.72. The van der Waals surface area contributed by atoms with Gasteiger partial charge in [-0.2, -0.15) is 0 Å². The van der Waals surface area contributed by atoms with E-state index in [1.54, 1.807) is 0 Å². The zero-order chi connectivity index (χ0) is 16.9. The maximum atomic E-state index is 12.0. The predicted molar refractivity (Wildman–Crippen MR) is 94.3 cm³/mol. The molecule has 0 radical (unpaired) electrons. The molecule has 4 nitrogen and oxygen atoms in total. The third-order valence-electron chi connectivity index (χ3n) is 4.20. The van der Waals surface area contributed by atoms with E-state index in [0.717, 1.165) is 23.5 Å². The molecular formula is C20H23NO3. The van der Waals surface area contributed by atoms with Crippen LogP contribution in [0.2, 0.25) is 0 Å². The number of benzene rings is 2. The Morgan fingerprint density at radius 2 is 2.04 bits per heavy atom. The lowest BCUT2D eigenvalue weighted by Crippen LogP contribution is -2.44. The van der Waals surface area contributed by atoms with E-state index in [4.69, 9.17) is 9.47 Å². The minimum atomic E-state index is -0.181. The highest BCUT2D eigenvalue weighted by Gasteiger charge is 2.30. The average molecular weight is 325 g/mol. The van der Waals surface area contributed by atoms with Crippen molar-refractivity contribution < 1.29 is 14.3 Å². The molecular weight excluding hydrogens is 302 g/mol. The molecule has 0 N–H and O–H groups in total. The van der Waals surface area contributed by atoms with E-state index in [-0.39, 0.29) is 12.0 Å². The smallest absolute Gasteiger partial charge is 0.307 e. The molecule has 0 fully saturated rings. The number of aryl methyl sites for hydroxylation is 1. The van der Waals surface area contributed by atoms with Crippen molar-refractivity contribution in [3.05, 3.63) is 59.7 Å². The number of anilines is 1. The molecule has 2 aromatic rings. The van der Waals surface area contributed by atoms with Gasteiger partial charge in [-0.05, 0) is 37.1 Å². The zero-order valence-electron chi connectivity index (χ0n) is 14.2. The van der Waals surface area contributed by atoms with Crippen molar-refractivity contribution in [3.8, 4) is 5.75 Å². The first kappa shape index (κ1) is 16.4. The first-order valence-corrected chi connectivity index (χ1v) is 8.37. The van der Waals surface area contributed by atoms with E-state index in [1.165, 1.54) is 5.56 Å². The minimum absolute atomic E-state index is 0.0283. The second-order valence-corrected chi connectivity index (χ2v) is 6.06. The molecule has 1 atom stereocenters. The van der Waals surface area contributed by atoms with E-state index in [1.807, 2.05) is 31.2 Å². The summed E-state index contributed by atoms with van der Waals surface area (Å²) in [7, 11) is 0. The summed E-state index contributed by atoms with van der Waals surface area (Å²) in [4.78, 5) is 14.2. The molecule has 3 rings (SSSR count). The molecule has 0 amide bonds. The molecule has 24 heavy (non-hydrogen) atoms. The molecule has 1 aliphatic heterocycles. The van der Waals surface area contributed by atoms with Gasteiger partial charge >= 0.3 is 5.97 Å². The van der Waals surface area contributed by atoms with Crippen LogP contribution in [0.1, 0.15) is 24.5 Å². The van der Waals surface area contributed by atoms with Gasteiger partial charge in [-0.3, -0.25) is 4.79 Å². The Balaban J connectivity index is 1.88. The zero-order valence-corrected chi connectivity index (χ0v) is 14.2. The molecule has 0 spiro atoms. The fourth-order valence-electron chi connectivity index (χ4n) is 3.02. The monoisotopic (exact) mass is 325 g/mol. The van der Waals surface area contributed by atoms with E-state index in [0.29, 0.717) is 19.6 Å². The van der Waals surface area contributed by atoms with Gasteiger partial charge in [0.15, 0.2) is 0 Å². The molecule has 1 aliphatic rings. The number of hydrogen-bond donors (Lipinski definition) is 0. The van der Waals surface area contributed by atoms with Gasteiger partial charge in [0.05, 0.1) is 24.8 Å². The lowest BCUT2D eigenvalue weighted by atomic mass is 10.1. The van der Waals surface area contributed by atoms with Gasteiger partial charge in [0, 0.05) is 6.54 Å². The summed E-state index contributed by atoms with van der Waals surface area (Å²) >= 11 is 0. The van der Waals surface area contributed by atoms with Crippen LogP contribution in [0.3, 0.4) is 0 Å². The maximum absolute atomic E-state index is 12.0. The minimum Gasteiger partial charge on any atom is -0.489 e. The van der Waals surface area contributed by atoms with Gasteiger partial charge in [0.2, 0.25) is 0 Å². The Hall–Kier alpha value is -2.49. The van der Waals surface area contributed by atoms with E-state index in [9.17, 15) is 4.79 Å². The Morgan fingerprint density at radius 1 is 1.25 bits per heavy atom. The lowest BCUT2D eigenvalue weighted by molar-refractivity contribution is -0.143. The largest absolute Gasteiger partial charge is 0.489 e. The molecule has 0 aliphatic carbocycles. The topological polar surface area (TPSA) is 38.8 Å². The average Bonchev–Trinajstić information content (AvgIpc) is 2.58. The van der Waals surface area contributed by atoms with Gasteiger partial charge < -0.3 is 14.4 Å². The summed E-state index contributed by atoms with van der Waals surface area (Å²) in [5, 5.41) is 0. The number of hydrogen-bond acceptors (Lipinski definition) is 4. The highest BCUT2D eigenvalue weighted by atomic mass is 16.5. The number of esters is 1. The van der Waals surface area contributed by atoms with E-state index in [2.05, 4.69) is 36.1 Å². The fourth-order valence-corrected chi connectivity index (χ4v) is 3.02. The second-order valence-electron chi connectivity index (χ2n) is 6.06. The number of nitrogens with zero attached hydrogens (tertiary/aromatic N) is 1. The molecule has 0 saturated carbocycles. The second kappa shape index (κ2) is 7.39. The quantitative estimate of drug-likeness (QED) is 0.786. The van der Waals surface area contributed by atoms with Crippen molar-refractivity contribution in [2.24, 2.45) is 0 Å². The van der Waals surface area contributed by atoms with Crippen LogP contribution in [-0.4, -0.2) is 25.2 Å². The lowest BCUT2D eigenvalue weighted by Gasteiger charge is -2.38. The van der Waals surface area contributed by atoms with Crippen LogP contribution in [0, 0.1) is 6.92 Å². The van der Waals surface area contributed by atoms with Gasteiger partial charge in [0.25, 0.3) is 0 Å². The summed E-state index contributed by atoms with van der Waals surface area (Å²) < 4.78 is 11.0.